The SMILES string of the molecule is CCOC(=O)[C@]1(C#N)[C@H](c2ccc(OC)cc2)C[C@](O)(c2ccc(Cl)cc2)[C@H](C(=O)c2ccc(Cl)cc2)[C@@H]1c1ccc(OC)cc1. The fourth-order valence-electron chi connectivity index (χ4n) is 6.75. The first-order valence-electron chi connectivity index (χ1n) is 14.8. The van der Waals surface area contributed by atoms with Crippen molar-refractivity contribution in [1.29, 1.82) is 5.26 Å². The highest BCUT2D eigenvalue weighted by Crippen LogP contribution is 2.64. The zero-order chi connectivity index (χ0) is 33.1. The van der Waals surface area contributed by atoms with E-state index in [1.54, 1.807) is 111 Å². The summed E-state index contributed by atoms with van der Waals surface area (Å²) in [5.41, 5.74) is -2.09. The molecule has 46 heavy (non-hydrogen) atoms. The molecule has 1 N–H and O–H groups in total. The van der Waals surface area contributed by atoms with Gasteiger partial charge in [0.2, 0.25) is 0 Å². The monoisotopic (exact) mass is 657 g/mol. The first kappa shape index (κ1) is 33.0. The van der Waals surface area contributed by atoms with Crippen LogP contribution >= 0.6 is 23.2 Å². The molecule has 1 aliphatic carbocycles. The Balaban J connectivity index is 1.88. The number of methoxy groups -OCH3 is 2. The van der Waals surface area contributed by atoms with E-state index in [1.807, 2.05) is 0 Å². The Bertz CT molecular complexity index is 1740. The molecule has 4 aromatic carbocycles. The van der Waals surface area contributed by atoms with Gasteiger partial charge in [0.05, 0.1) is 32.8 Å². The van der Waals surface area contributed by atoms with Crippen LogP contribution in [-0.2, 0) is 15.1 Å². The number of nitrogens with zero attached hydrogens (tertiary/aromatic N) is 1. The van der Waals surface area contributed by atoms with Crippen LogP contribution in [0.5, 0.6) is 11.5 Å². The molecular formula is C37H33Cl2NO6. The van der Waals surface area contributed by atoms with Crippen molar-refractivity contribution in [1.82, 2.24) is 0 Å². The average molecular weight is 659 g/mol. The van der Waals surface area contributed by atoms with Crippen LogP contribution in [0.25, 0.3) is 0 Å². The molecule has 0 heterocycles. The van der Waals surface area contributed by atoms with Gasteiger partial charge in [-0.1, -0.05) is 59.6 Å². The summed E-state index contributed by atoms with van der Waals surface area (Å²) in [5.74, 6) is -3.58. The number of hydrogen-bond donors (Lipinski definition) is 1. The Morgan fingerprint density at radius 3 is 1.80 bits per heavy atom. The fraction of sp³-hybridized carbons (Fsp3) is 0.270. The van der Waals surface area contributed by atoms with Gasteiger partial charge in [0.25, 0.3) is 0 Å². The van der Waals surface area contributed by atoms with Gasteiger partial charge in [-0.05, 0) is 90.7 Å². The van der Waals surface area contributed by atoms with Crippen LogP contribution in [0.15, 0.2) is 97.1 Å². The number of carbonyl (C=O) groups excluding carboxylic acids is 2. The lowest BCUT2D eigenvalue weighted by Crippen LogP contribution is -2.59. The Morgan fingerprint density at radius 1 is 0.826 bits per heavy atom. The van der Waals surface area contributed by atoms with Crippen molar-refractivity contribution in [3.8, 4) is 17.6 Å². The molecule has 0 aromatic heterocycles. The smallest absolute Gasteiger partial charge is 0.327 e. The zero-order valence-electron chi connectivity index (χ0n) is 25.6. The third kappa shape index (κ3) is 5.85. The number of aliphatic hydroxyl groups is 1. The van der Waals surface area contributed by atoms with Gasteiger partial charge in [-0.25, -0.2) is 0 Å². The molecule has 1 aliphatic rings. The Hall–Kier alpha value is -4.35. The number of ether oxygens (including phenoxy) is 3. The molecule has 9 heteroatoms. The standard InChI is InChI=1S/C37H33Cl2NO6/c1-4-46-35(42)36(22-40)31(23-7-17-29(44-2)18-8-23)21-37(43,26-11-15-28(39)16-12-26)33(34(41)25-5-13-27(38)14-6-25)32(36)24-9-19-30(45-3)20-10-24/h5-20,31-33,43H,4,21H2,1-3H3/t31-,32-,33-,36+,37-/m0/s1. The quantitative estimate of drug-likeness (QED) is 0.145. The molecule has 0 amide bonds. The van der Waals surface area contributed by atoms with E-state index in [4.69, 9.17) is 37.4 Å². The number of ketones is 1. The third-order valence-corrected chi connectivity index (χ3v) is 9.45. The van der Waals surface area contributed by atoms with E-state index >= 15 is 0 Å². The maximum absolute atomic E-state index is 14.9. The number of carbonyl (C=O) groups is 2. The van der Waals surface area contributed by atoms with Crippen LogP contribution < -0.4 is 9.47 Å². The van der Waals surface area contributed by atoms with Crippen molar-refractivity contribution >= 4 is 35.0 Å². The van der Waals surface area contributed by atoms with Crippen LogP contribution in [0.4, 0.5) is 0 Å². The highest BCUT2D eigenvalue weighted by Gasteiger charge is 2.67. The number of halogens is 2. The van der Waals surface area contributed by atoms with Crippen molar-refractivity contribution in [2.75, 3.05) is 20.8 Å². The van der Waals surface area contributed by atoms with Gasteiger partial charge in [-0.2, -0.15) is 5.26 Å². The van der Waals surface area contributed by atoms with Crippen LogP contribution in [0.1, 0.15) is 52.2 Å². The summed E-state index contributed by atoms with van der Waals surface area (Å²) in [4.78, 5) is 29.2. The van der Waals surface area contributed by atoms with Gasteiger partial charge in [0, 0.05) is 27.4 Å². The molecule has 0 saturated heterocycles. The largest absolute Gasteiger partial charge is 0.497 e. The molecule has 5 atom stereocenters. The molecule has 1 saturated carbocycles. The summed E-state index contributed by atoms with van der Waals surface area (Å²) in [6.07, 6.45) is -0.163. The van der Waals surface area contributed by atoms with Crippen LogP contribution in [-0.4, -0.2) is 37.7 Å². The maximum atomic E-state index is 14.9. The van der Waals surface area contributed by atoms with Crippen molar-refractivity contribution in [2.45, 2.75) is 30.8 Å². The van der Waals surface area contributed by atoms with Crippen molar-refractivity contribution in [3.05, 3.63) is 129 Å². The second-order valence-electron chi connectivity index (χ2n) is 11.3. The second-order valence-corrected chi connectivity index (χ2v) is 12.1. The van der Waals surface area contributed by atoms with Gasteiger partial charge in [-0.3, -0.25) is 9.59 Å². The number of nitriles is 1. The molecule has 236 valence electrons. The normalized spacial score (nSPS) is 24.0. The molecule has 0 aliphatic heterocycles. The molecule has 4 aromatic rings. The summed E-state index contributed by atoms with van der Waals surface area (Å²) < 4.78 is 16.4. The number of hydrogen-bond acceptors (Lipinski definition) is 7. The Kier molecular flexibility index (Phi) is 9.74. The topological polar surface area (TPSA) is 106 Å². The van der Waals surface area contributed by atoms with E-state index in [0.29, 0.717) is 38.2 Å². The Labute approximate surface area is 278 Å². The van der Waals surface area contributed by atoms with Gasteiger partial charge >= 0.3 is 5.97 Å². The number of benzene rings is 4. The number of esters is 1. The molecule has 7 nitrogen and oxygen atoms in total. The highest BCUT2D eigenvalue weighted by atomic mass is 35.5. The molecule has 0 unspecified atom stereocenters. The Morgan fingerprint density at radius 2 is 1.33 bits per heavy atom. The van der Waals surface area contributed by atoms with Crippen LogP contribution in [0.3, 0.4) is 0 Å². The lowest BCUT2D eigenvalue weighted by molar-refractivity contribution is -0.164. The second kappa shape index (κ2) is 13.6. The summed E-state index contributed by atoms with van der Waals surface area (Å²) in [6, 6.07) is 29.1. The van der Waals surface area contributed by atoms with Crippen molar-refractivity contribution in [2.24, 2.45) is 11.3 Å². The highest BCUT2D eigenvalue weighted by molar-refractivity contribution is 6.31. The van der Waals surface area contributed by atoms with Gasteiger partial charge < -0.3 is 19.3 Å². The van der Waals surface area contributed by atoms with Crippen LogP contribution in [0.2, 0.25) is 10.0 Å². The molecule has 1 fully saturated rings. The molecule has 0 bridgehead atoms. The lowest BCUT2D eigenvalue weighted by atomic mass is 9.47. The minimum absolute atomic E-state index is 0.00414. The first-order valence-corrected chi connectivity index (χ1v) is 15.5. The predicted octanol–water partition coefficient (Wildman–Crippen LogP) is 7.74. The molecule has 5 rings (SSSR count). The molecule has 0 spiro atoms. The fourth-order valence-corrected chi connectivity index (χ4v) is 7.00. The molecule has 0 radical (unpaired) electrons. The van der Waals surface area contributed by atoms with E-state index < -0.39 is 40.5 Å². The van der Waals surface area contributed by atoms with Gasteiger partial charge in [0.1, 0.15) is 17.1 Å². The average Bonchev–Trinajstić information content (AvgIpc) is 3.08. The number of rotatable bonds is 9. The first-order chi connectivity index (χ1) is 22.1. The van der Waals surface area contributed by atoms with Gasteiger partial charge in [-0.15, -0.1) is 0 Å². The summed E-state index contributed by atoms with van der Waals surface area (Å²) in [6.45, 7) is 1.67. The van der Waals surface area contributed by atoms with Crippen LogP contribution in [0, 0.1) is 22.7 Å². The minimum Gasteiger partial charge on any atom is -0.497 e. The van der Waals surface area contributed by atoms with Crippen molar-refractivity contribution < 1.29 is 28.9 Å². The van der Waals surface area contributed by atoms with E-state index in [1.165, 1.54) is 7.11 Å². The lowest BCUT2D eigenvalue weighted by Gasteiger charge is -2.54. The molecular weight excluding hydrogens is 625 g/mol. The van der Waals surface area contributed by atoms with E-state index in [2.05, 4.69) is 6.07 Å². The summed E-state index contributed by atoms with van der Waals surface area (Å²) in [7, 11) is 3.07. The predicted molar refractivity (Wildman–Crippen MR) is 175 cm³/mol. The maximum Gasteiger partial charge on any atom is 0.327 e. The zero-order valence-corrected chi connectivity index (χ0v) is 27.1. The van der Waals surface area contributed by atoms with E-state index in [0.717, 1.165) is 0 Å². The van der Waals surface area contributed by atoms with Crippen molar-refractivity contribution in [3.63, 3.8) is 0 Å². The van der Waals surface area contributed by atoms with E-state index in [-0.39, 0.29) is 18.6 Å². The summed E-state index contributed by atoms with van der Waals surface area (Å²) >= 11 is 12.4. The summed E-state index contributed by atoms with van der Waals surface area (Å²) in [5, 5.41) is 25.2. The van der Waals surface area contributed by atoms with E-state index in [9.17, 15) is 20.0 Å². The third-order valence-electron chi connectivity index (χ3n) is 8.95. The number of Topliss-reactive ketones (excluding diaryl/α,β-unsaturated/α-hetero) is 1. The minimum atomic E-state index is -1.95. The van der Waals surface area contributed by atoms with Gasteiger partial charge in [0.15, 0.2) is 11.2 Å².